The second-order valence-corrected chi connectivity index (χ2v) is 6.15. The standard InChI is InChI=1S/C19H19N5O/c25-18(24-12-6-10-16(24)15-9-4-5-11-20-15)13-17-21-19(23-22-17)14-7-2-1-3-8-14/h1-5,7-9,11,16H,6,10,12-13H2,(H,21,22,23)/t16-/m1/s1. The number of nitrogens with zero attached hydrogens (tertiary/aromatic N) is 4. The first kappa shape index (κ1) is 15.5. The van der Waals surface area contributed by atoms with Crippen molar-refractivity contribution in [1.82, 2.24) is 25.1 Å². The fourth-order valence-electron chi connectivity index (χ4n) is 3.28. The van der Waals surface area contributed by atoms with E-state index in [9.17, 15) is 4.79 Å². The maximum atomic E-state index is 12.8. The molecule has 1 atom stereocenters. The highest BCUT2D eigenvalue weighted by molar-refractivity contribution is 5.78. The zero-order chi connectivity index (χ0) is 17.1. The molecule has 0 aliphatic carbocycles. The molecule has 25 heavy (non-hydrogen) atoms. The Morgan fingerprint density at radius 3 is 2.80 bits per heavy atom. The van der Waals surface area contributed by atoms with Crippen molar-refractivity contribution < 1.29 is 4.79 Å². The van der Waals surface area contributed by atoms with Crippen LogP contribution in [0.1, 0.15) is 30.4 Å². The van der Waals surface area contributed by atoms with E-state index in [-0.39, 0.29) is 18.4 Å². The van der Waals surface area contributed by atoms with Crippen LogP contribution in [0.25, 0.3) is 11.4 Å². The number of likely N-dealkylation sites (tertiary alicyclic amines) is 1. The van der Waals surface area contributed by atoms with Crippen molar-refractivity contribution in [2.45, 2.75) is 25.3 Å². The van der Waals surface area contributed by atoms with Crippen LogP contribution in [0.2, 0.25) is 0 Å². The number of rotatable bonds is 4. The van der Waals surface area contributed by atoms with E-state index in [0.29, 0.717) is 11.6 Å². The van der Waals surface area contributed by atoms with Crippen LogP contribution in [-0.2, 0) is 11.2 Å². The van der Waals surface area contributed by atoms with Gasteiger partial charge in [-0.05, 0) is 25.0 Å². The summed E-state index contributed by atoms with van der Waals surface area (Å²) in [7, 11) is 0. The van der Waals surface area contributed by atoms with Crippen molar-refractivity contribution in [2.24, 2.45) is 0 Å². The molecule has 0 radical (unpaired) electrons. The van der Waals surface area contributed by atoms with Gasteiger partial charge in [0, 0.05) is 18.3 Å². The summed E-state index contributed by atoms with van der Waals surface area (Å²) in [4.78, 5) is 23.5. The maximum absolute atomic E-state index is 12.8. The van der Waals surface area contributed by atoms with Gasteiger partial charge >= 0.3 is 0 Å². The molecule has 2 aromatic heterocycles. The van der Waals surface area contributed by atoms with E-state index in [0.717, 1.165) is 30.6 Å². The Hall–Kier alpha value is -3.02. The number of H-pyrrole nitrogens is 1. The molecular weight excluding hydrogens is 314 g/mol. The van der Waals surface area contributed by atoms with Gasteiger partial charge in [0.15, 0.2) is 5.82 Å². The Bertz CT molecular complexity index is 847. The lowest BCUT2D eigenvalue weighted by atomic mass is 10.1. The second-order valence-electron chi connectivity index (χ2n) is 6.15. The average molecular weight is 333 g/mol. The highest BCUT2D eigenvalue weighted by Gasteiger charge is 2.31. The molecule has 1 fully saturated rings. The van der Waals surface area contributed by atoms with Gasteiger partial charge in [-0.25, -0.2) is 4.98 Å². The minimum Gasteiger partial charge on any atom is -0.334 e. The van der Waals surface area contributed by atoms with E-state index in [2.05, 4.69) is 20.2 Å². The molecule has 1 aromatic carbocycles. The number of benzene rings is 1. The number of hydrogen-bond acceptors (Lipinski definition) is 4. The van der Waals surface area contributed by atoms with Crippen LogP contribution >= 0.6 is 0 Å². The lowest BCUT2D eigenvalue weighted by Crippen LogP contribution is -2.32. The first-order valence-electron chi connectivity index (χ1n) is 8.48. The third kappa shape index (κ3) is 3.28. The predicted octanol–water partition coefficient (Wildman–Crippen LogP) is 2.77. The van der Waals surface area contributed by atoms with Gasteiger partial charge in [0.2, 0.25) is 5.91 Å². The first-order chi connectivity index (χ1) is 12.3. The van der Waals surface area contributed by atoms with Gasteiger partial charge in [0.25, 0.3) is 0 Å². The molecule has 0 saturated carbocycles. The van der Waals surface area contributed by atoms with E-state index in [1.807, 2.05) is 53.4 Å². The summed E-state index contributed by atoms with van der Waals surface area (Å²) in [6, 6.07) is 15.6. The molecule has 1 aliphatic rings. The Balaban J connectivity index is 1.48. The van der Waals surface area contributed by atoms with Gasteiger partial charge in [0.05, 0.1) is 18.2 Å². The molecule has 0 unspecified atom stereocenters. The number of carbonyl (C=O) groups is 1. The molecule has 3 heterocycles. The Morgan fingerprint density at radius 2 is 2.00 bits per heavy atom. The molecule has 3 aromatic rings. The second kappa shape index (κ2) is 6.84. The van der Waals surface area contributed by atoms with Gasteiger partial charge in [-0.1, -0.05) is 36.4 Å². The Kier molecular flexibility index (Phi) is 4.24. The average Bonchev–Trinajstić information content (AvgIpc) is 3.33. The lowest BCUT2D eigenvalue weighted by Gasteiger charge is -2.23. The molecule has 0 spiro atoms. The van der Waals surface area contributed by atoms with Crippen molar-refractivity contribution in [2.75, 3.05) is 6.54 Å². The van der Waals surface area contributed by atoms with E-state index >= 15 is 0 Å². The summed E-state index contributed by atoms with van der Waals surface area (Å²) in [5.41, 5.74) is 1.89. The van der Waals surface area contributed by atoms with Gasteiger partial charge in [0.1, 0.15) is 5.82 Å². The molecule has 1 amide bonds. The summed E-state index contributed by atoms with van der Waals surface area (Å²) < 4.78 is 0. The topological polar surface area (TPSA) is 74.8 Å². The number of carbonyl (C=O) groups excluding carboxylic acids is 1. The number of nitrogens with one attached hydrogen (secondary N) is 1. The molecule has 6 nitrogen and oxygen atoms in total. The Labute approximate surface area is 145 Å². The zero-order valence-corrected chi connectivity index (χ0v) is 13.8. The molecule has 1 saturated heterocycles. The number of aromatic amines is 1. The molecule has 126 valence electrons. The van der Waals surface area contributed by atoms with Gasteiger partial charge in [-0.15, -0.1) is 0 Å². The summed E-state index contributed by atoms with van der Waals surface area (Å²) in [5.74, 6) is 1.27. The third-order valence-corrected chi connectivity index (χ3v) is 4.48. The van der Waals surface area contributed by atoms with Gasteiger partial charge in [-0.2, -0.15) is 5.10 Å². The SMILES string of the molecule is O=C(Cc1nc(-c2ccccc2)n[nH]1)N1CCC[C@@H]1c1ccccn1. The summed E-state index contributed by atoms with van der Waals surface area (Å²) in [6.45, 7) is 0.764. The van der Waals surface area contributed by atoms with Crippen LogP contribution in [0.3, 0.4) is 0 Å². The van der Waals surface area contributed by atoms with Crippen LogP contribution in [0.5, 0.6) is 0 Å². The highest BCUT2D eigenvalue weighted by atomic mass is 16.2. The van der Waals surface area contributed by atoms with E-state index in [1.165, 1.54) is 0 Å². The zero-order valence-electron chi connectivity index (χ0n) is 13.8. The third-order valence-electron chi connectivity index (χ3n) is 4.48. The molecule has 4 rings (SSSR count). The van der Waals surface area contributed by atoms with Crippen molar-refractivity contribution >= 4 is 5.91 Å². The summed E-state index contributed by atoms with van der Waals surface area (Å²) in [5, 5.41) is 7.11. The summed E-state index contributed by atoms with van der Waals surface area (Å²) >= 11 is 0. The first-order valence-corrected chi connectivity index (χ1v) is 8.48. The fourth-order valence-corrected chi connectivity index (χ4v) is 3.28. The minimum atomic E-state index is 0.0592. The minimum absolute atomic E-state index is 0.0592. The number of aromatic nitrogens is 4. The molecule has 1 aliphatic heterocycles. The van der Waals surface area contributed by atoms with Crippen molar-refractivity contribution in [3.05, 3.63) is 66.2 Å². The lowest BCUT2D eigenvalue weighted by molar-refractivity contribution is -0.131. The monoisotopic (exact) mass is 333 g/mol. The Morgan fingerprint density at radius 1 is 1.16 bits per heavy atom. The molecule has 1 N–H and O–H groups in total. The fraction of sp³-hybridized carbons (Fsp3) is 0.263. The van der Waals surface area contributed by atoms with Crippen LogP contribution in [0.4, 0.5) is 0 Å². The van der Waals surface area contributed by atoms with E-state index in [4.69, 9.17) is 0 Å². The van der Waals surface area contributed by atoms with Crippen molar-refractivity contribution in [3.63, 3.8) is 0 Å². The van der Waals surface area contributed by atoms with E-state index in [1.54, 1.807) is 6.20 Å². The molecular formula is C19H19N5O. The van der Waals surface area contributed by atoms with Gasteiger partial charge in [-0.3, -0.25) is 14.9 Å². The normalized spacial score (nSPS) is 17.0. The predicted molar refractivity (Wildman–Crippen MR) is 93.4 cm³/mol. The number of hydrogen-bond donors (Lipinski definition) is 1. The van der Waals surface area contributed by atoms with Crippen LogP contribution in [0.15, 0.2) is 54.7 Å². The molecule has 6 heteroatoms. The van der Waals surface area contributed by atoms with Crippen molar-refractivity contribution in [3.8, 4) is 11.4 Å². The van der Waals surface area contributed by atoms with Gasteiger partial charge < -0.3 is 4.90 Å². The maximum Gasteiger partial charge on any atom is 0.230 e. The smallest absolute Gasteiger partial charge is 0.230 e. The summed E-state index contributed by atoms with van der Waals surface area (Å²) in [6.07, 6.45) is 3.95. The van der Waals surface area contributed by atoms with E-state index < -0.39 is 0 Å². The number of amides is 1. The largest absolute Gasteiger partial charge is 0.334 e. The molecule has 0 bridgehead atoms. The quantitative estimate of drug-likeness (QED) is 0.796. The van der Waals surface area contributed by atoms with Crippen LogP contribution < -0.4 is 0 Å². The van der Waals surface area contributed by atoms with Crippen LogP contribution in [0, 0.1) is 0 Å². The van der Waals surface area contributed by atoms with Crippen LogP contribution in [-0.4, -0.2) is 37.5 Å². The van der Waals surface area contributed by atoms with Crippen molar-refractivity contribution in [1.29, 1.82) is 0 Å². The number of pyridine rings is 1. The highest BCUT2D eigenvalue weighted by Crippen LogP contribution is 2.31.